The highest BCUT2D eigenvalue weighted by Crippen LogP contribution is 2.23. The van der Waals surface area contributed by atoms with E-state index in [9.17, 15) is 4.79 Å². The fourth-order valence-electron chi connectivity index (χ4n) is 2.04. The summed E-state index contributed by atoms with van der Waals surface area (Å²) in [5, 5.41) is 16.3. The van der Waals surface area contributed by atoms with Gasteiger partial charge >= 0.3 is 0 Å². The topological polar surface area (TPSA) is 96.7 Å². The zero-order valence-corrected chi connectivity index (χ0v) is 11.8. The number of carbonyl (C=O) groups excluding carboxylic acids is 1. The molecule has 0 bridgehead atoms. The summed E-state index contributed by atoms with van der Waals surface area (Å²) >= 11 is 0. The summed E-state index contributed by atoms with van der Waals surface area (Å²) in [6.45, 7) is 1.97. The van der Waals surface area contributed by atoms with Crippen LogP contribution < -0.4 is 11.1 Å². The lowest BCUT2D eigenvalue weighted by atomic mass is 10.2. The molecule has 1 heterocycles. The molecule has 0 fully saturated rings. The molecule has 108 valence electrons. The molecule has 6 nitrogen and oxygen atoms in total. The van der Waals surface area contributed by atoms with Crippen LogP contribution in [0.5, 0.6) is 0 Å². The molecule has 0 spiro atoms. The number of nitrogens with two attached hydrogens (primary N) is 1. The third-order valence-electron chi connectivity index (χ3n) is 3.21. The van der Waals surface area contributed by atoms with Crippen LogP contribution >= 0.6 is 0 Å². The van der Waals surface area contributed by atoms with Crippen molar-refractivity contribution in [1.29, 1.82) is 5.26 Å². The molecule has 2 aromatic rings. The summed E-state index contributed by atoms with van der Waals surface area (Å²) in [7, 11) is 0. The van der Waals surface area contributed by atoms with Gasteiger partial charge in [0, 0.05) is 11.9 Å². The Morgan fingerprint density at radius 3 is 2.76 bits per heavy atom. The minimum absolute atomic E-state index is 0.0700. The molecule has 0 saturated heterocycles. The summed E-state index contributed by atoms with van der Waals surface area (Å²) < 4.78 is 1.63. The molecule has 0 aliphatic rings. The molecule has 2 rings (SSSR count). The number of para-hydroxylation sites is 1. The van der Waals surface area contributed by atoms with E-state index in [0.29, 0.717) is 17.8 Å². The average molecular weight is 283 g/mol. The lowest BCUT2D eigenvalue weighted by molar-refractivity contribution is 0.100. The van der Waals surface area contributed by atoms with E-state index in [2.05, 4.69) is 16.5 Å². The lowest BCUT2D eigenvalue weighted by Gasteiger charge is -2.11. The number of benzene rings is 1. The number of hydrogen-bond acceptors (Lipinski definition) is 4. The fraction of sp³-hybridized carbons (Fsp3) is 0.267. The minimum Gasteiger partial charge on any atom is -0.365 e. The van der Waals surface area contributed by atoms with Gasteiger partial charge in [0.1, 0.15) is 5.56 Å². The zero-order valence-electron chi connectivity index (χ0n) is 11.8. The van der Waals surface area contributed by atoms with Gasteiger partial charge in [-0.15, -0.1) is 0 Å². The molecule has 6 heteroatoms. The summed E-state index contributed by atoms with van der Waals surface area (Å²) in [4.78, 5) is 11.6. The maximum atomic E-state index is 11.6. The molecule has 1 aromatic heterocycles. The minimum atomic E-state index is -0.550. The molecule has 21 heavy (non-hydrogen) atoms. The number of nitrogens with zero attached hydrogens (tertiary/aromatic N) is 3. The Bertz CT molecular complexity index is 656. The highest BCUT2D eigenvalue weighted by Gasteiger charge is 2.18. The van der Waals surface area contributed by atoms with Crippen LogP contribution in [0.25, 0.3) is 0 Å². The predicted molar refractivity (Wildman–Crippen MR) is 80.0 cm³/mol. The first kappa shape index (κ1) is 14.6. The Labute approximate surface area is 123 Å². The van der Waals surface area contributed by atoms with Gasteiger partial charge in [-0.05, 0) is 18.6 Å². The SMILES string of the molecule is CC[C@H](CC#N)n1cc(C(N)=O)c(Nc2ccccc2)n1. The first-order valence-corrected chi connectivity index (χ1v) is 6.73. The van der Waals surface area contributed by atoms with Gasteiger partial charge in [-0.25, -0.2) is 0 Å². The fourth-order valence-corrected chi connectivity index (χ4v) is 2.04. The van der Waals surface area contributed by atoms with E-state index in [4.69, 9.17) is 11.0 Å². The van der Waals surface area contributed by atoms with Crippen LogP contribution in [0.1, 0.15) is 36.2 Å². The molecule has 0 aliphatic heterocycles. The van der Waals surface area contributed by atoms with Gasteiger partial charge < -0.3 is 11.1 Å². The van der Waals surface area contributed by atoms with Crippen molar-refractivity contribution < 1.29 is 4.79 Å². The average Bonchev–Trinajstić information content (AvgIpc) is 2.89. The van der Waals surface area contributed by atoms with Crippen LogP contribution in [0.3, 0.4) is 0 Å². The highest BCUT2D eigenvalue weighted by atomic mass is 16.1. The van der Waals surface area contributed by atoms with Crippen molar-refractivity contribution in [2.24, 2.45) is 5.73 Å². The van der Waals surface area contributed by atoms with E-state index in [-0.39, 0.29) is 6.04 Å². The number of carbonyl (C=O) groups is 1. The molecular formula is C15H17N5O. The van der Waals surface area contributed by atoms with Crippen LogP contribution in [0.15, 0.2) is 36.5 Å². The smallest absolute Gasteiger partial charge is 0.254 e. The lowest BCUT2D eigenvalue weighted by Crippen LogP contribution is -2.12. The number of anilines is 2. The summed E-state index contributed by atoms with van der Waals surface area (Å²) in [5.41, 5.74) is 6.53. The van der Waals surface area contributed by atoms with Gasteiger partial charge in [-0.1, -0.05) is 25.1 Å². The van der Waals surface area contributed by atoms with Gasteiger partial charge in [-0.3, -0.25) is 9.48 Å². The Hall–Kier alpha value is -2.81. The van der Waals surface area contributed by atoms with Gasteiger partial charge in [0.25, 0.3) is 5.91 Å². The number of hydrogen-bond donors (Lipinski definition) is 2. The summed E-state index contributed by atoms with van der Waals surface area (Å²) in [6.07, 6.45) is 2.68. The standard InChI is InChI=1S/C15H17N5O/c1-2-12(8-9-16)20-10-13(14(17)21)15(19-20)18-11-6-4-3-5-7-11/h3-7,10,12H,2,8H2,1H3,(H2,17,21)(H,18,19)/t12-/m1/s1. The van der Waals surface area contributed by atoms with Crippen LogP contribution in [-0.2, 0) is 0 Å². The molecule has 0 saturated carbocycles. The Morgan fingerprint density at radius 2 is 2.19 bits per heavy atom. The van der Waals surface area contributed by atoms with Gasteiger partial charge in [0.2, 0.25) is 0 Å². The number of aromatic nitrogens is 2. The van der Waals surface area contributed by atoms with Crippen molar-refractivity contribution >= 4 is 17.4 Å². The molecule has 0 radical (unpaired) electrons. The number of nitriles is 1. The van der Waals surface area contributed by atoms with E-state index in [1.165, 1.54) is 0 Å². The van der Waals surface area contributed by atoms with Crippen LogP contribution in [0, 0.1) is 11.3 Å². The van der Waals surface area contributed by atoms with E-state index < -0.39 is 5.91 Å². The van der Waals surface area contributed by atoms with E-state index in [1.54, 1.807) is 10.9 Å². The first-order chi connectivity index (χ1) is 10.2. The number of nitrogens with one attached hydrogen (secondary N) is 1. The van der Waals surface area contributed by atoms with Crippen LogP contribution in [-0.4, -0.2) is 15.7 Å². The van der Waals surface area contributed by atoms with E-state index in [1.807, 2.05) is 37.3 Å². The molecular weight excluding hydrogens is 266 g/mol. The second-order valence-corrected chi connectivity index (χ2v) is 4.65. The molecule has 1 amide bonds. The van der Waals surface area contributed by atoms with Crippen molar-refractivity contribution in [3.8, 4) is 6.07 Å². The third kappa shape index (κ3) is 3.39. The summed E-state index contributed by atoms with van der Waals surface area (Å²) in [6, 6.07) is 11.5. The van der Waals surface area contributed by atoms with Crippen molar-refractivity contribution in [3.63, 3.8) is 0 Å². The van der Waals surface area contributed by atoms with Gasteiger partial charge in [0.05, 0.1) is 18.5 Å². The third-order valence-corrected chi connectivity index (χ3v) is 3.21. The summed E-state index contributed by atoms with van der Waals surface area (Å²) in [5.74, 6) is -0.142. The van der Waals surface area contributed by atoms with Crippen molar-refractivity contribution in [2.75, 3.05) is 5.32 Å². The van der Waals surface area contributed by atoms with Crippen LogP contribution in [0.2, 0.25) is 0 Å². The Morgan fingerprint density at radius 1 is 1.48 bits per heavy atom. The highest BCUT2D eigenvalue weighted by molar-refractivity contribution is 5.98. The quantitative estimate of drug-likeness (QED) is 0.851. The molecule has 1 atom stereocenters. The molecule has 1 aromatic carbocycles. The van der Waals surface area contributed by atoms with E-state index in [0.717, 1.165) is 12.1 Å². The first-order valence-electron chi connectivity index (χ1n) is 6.73. The number of rotatable bonds is 6. The second kappa shape index (κ2) is 6.57. The van der Waals surface area contributed by atoms with Crippen molar-refractivity contribution in [2.45, 2.75) is 25.8 Å². The van der Waals surface area contributed by atoms with Gasteiger partial charge in [-0.2, -0.15) is 10.4 Å². The number of amides is 1. The molecule has 3 N–H and O–H groups in total. The predicted octanol–water partition coefficient (Wildman–Crippen LogP) is 2.59. The van der Waals surface area contributed by atoms with Crippen LogP contribution in [0.4, 0.5) is 11.5 Å². The maximum absolute atomic E-state index is 11.6. The van der Waals surface area contributed by atoms with Crippen molar-refractivity contribution in [1.82, 2.24) is 9.78 Å². The Kier molecular flexibility index (Phi) is 4.57. The largest absolute Gasteiger partial charge is 0.365 e. The monoisotopic (exact) mass is 283 g/mol. The Balaban J connectivity index is 2.34. The normalized spacial score (nSPS) is 11.6. The zero-order chi connectivity index (χ0) is 15.2. The molecule has 0 aliphatic carbocycles. The molecule has 0 unspecified atom stereocenters. The second-order valence-electron chi connectivity index (χ2n) is 4.65. The van der Waals surface area contributed by atoms with E-state index >= 15 is 0 Å². The maximum Gasteiger partial charge on any atom is 0.254 e. The van der Waals surface area contributed by atoms with Crippen molar-refractivity contribution in [3.05, 3.63) is 42.1 Å². The number of primary amides is 1. The van der Waals surface area contributed by atoms with Gasteiger partial charge in [0.15, 0.2) is 5.82 Å².